The Morgan fingerprint density at radius 2 is 1.90 bits per heavy atom. The number of carbonyl (C=O) groups excluding carboxylic acids is 1. The van der Waals surface area contributed by atoms with Crippen LogP contribution in [0.3, 0.4) is 0 Å². The lowest BCUT2D eigenvalue weighted by molar-refractivity contribution is -0.116. The Hall–Kier alpha value is -1.98. The molecule has 6 nitrogen and oxygen atoms in total. The first-order valence-corrected chi connectivity index (χ1v) is 7.51. The van der Waals surface area contributed by atoms with Crippen LogP contribution < -0.4 is 5.32 Å². The van der Waals surface area contributed by atoms with Crippen LogP contribution in [0.15, 0.2) is 12.4 Å². The third-order valence-corrected chi connectivity index (χ3v) is 3.90. The van der Waals surface area contributed by atoms with E-state index in [0.29, 0.717) is 6.42 Å². The maximum absolute atomic E-state index is 11.9. The topological polar surface area (TPSA) is 92.2 Å². The first kappa shape index (κ1) is 15.4. The van der Waals surface area contributed by atoms with Gasteiger partial charge in [-0.2, -0.15) is 0 Å². The van der Waals surface area contributed by atoms with E-state index in [1.807, 2.05) is 0 Å². The van der Waals surface area contributed by atoms with Crippen LogP contribution in [-0.4, -0.2) is 27.0 Å². The number of nitrogens with one attached hydrogen (secondary N) is 1. The SMILES string of the molecule is O=C(CCCC1CCCCC1)Nc1nccnc1C(=O)O. The number of carboxylic acids is 1. The van der Waals surface area contributed by atoms with Gasteiger partial charge >= 0.3 is 5.97 Å². The van der Waals surface area contributed by atoms with Crippen LogP contribution >= 0.6 is 0 Å². The Morgan fingerprint density at radius 1 is 1.19 bits per heavy atom. The molecule has 6 heteroatoms. The third kappa shape index (κ3) is 4.81. The van der Waals surface area contributed by atoms with E-state index in [2.05, 4.69) is 15.3 Å². The van der Waals surface area contributed by atoms with Crippen molar-refractivity contribution in [2.45, 2.75) is 51.4 Å². The molecule has 1 saturated carbocycles. The Kier molecular flexibility index (Phi) is 5.66. The van der Waals surface area contributed by atoms with Gasteiger partial charge in [-0.25, -0.2) is 14.8 Å². The lowest BCUT2D eigenvalue weighted by Crippen LogP contribution is -2.17. The molecule has 1 fully saturated rings. The Labute approximate surface area is 124 Å². The zero-order valence-electron chi connectivity index (χ0n) is 12.0. The minimum atomic E-state index is -1.19. The second-order valence-electron chi connectivity index (χ2n) is 5.50. The summed E-state index contributed by atoms with van der Waals surface area (Å²) in [5.41, 5.74) is -0.224. The van der Waals surface area contributed by atoms with Crippen molar-refractivity contribution in [2.24, 2.45) is 5.92 Å². The van der Waals surface area contributed by atoms with Crippen molar-refractivity contribution in [1.82, 2.24) is 9.97 Å². The molecule has 1 aliphatic carbocycles. The van der Waals surface area contributed by atoms with Crippen molar-refractivity contribution in [3.8, 4) is 0 Å². The van der Waals surface area contributed by atoms with E-state index in [-0.39, 0.29) is 17.4 Å². The Balaban J connectivity index is 1.78. The van der Waals surface area contributed by atoms with Crippen LogP contribution in [0.2, 0.25) is 0 Å². The highest BCUT2D eigenvalue weighted by Crippen LogP contribution is 2.27. The van der Waals surface area contributed by atoms with E-state index in [0.717, 1.165) is 18.8 Å². The van der Waals surface area contributed by atoms with Gasteiger partial charge in [-0.05, 0) is 18.8 Å². The molecule has 0 radical (unpaired) electrons. The monoisotopic (exact) mass is 291 g/mol. The predicted molar refractivity (Wildman–Crippen MR) is 78.0 cm³/mol. The van der Waals surface area contributed by atoms with Crippen molar-refractivity contribution >= 4 is 17.7 Å². The second kappa shape index (κ2) is 7.71. The summed E-state index contributed by atoms with van der Waals surface area (Å²) in [6, 6.07) is 0. The molecule has 1 aliphatic rings. The molecular weight excluding hydrogens is 270 g/mol. The summed E-state index contributed by atoms with van der Waals surface area (Å²) in [7, 11) is 0. The minimum absolute atomic E-state index is 0.0210. The summed E-state index contributed by atoms with van der Waals surface area (Å²) in [6.45, 7) is 0. The van der Waals surface area contributed by atoms with E-state index in [1.54, 1.807) is 0 Å². The van der Waals surface area contributed by atoms with Crippen molar-refractivity contribution in [3.63, 3.8) is 0 Å². The summed E-state index contributed by atoms with van der Waals surface area (Å²) >= 11 is 0. The van der Waals surface area contributed by atoms with Crippen LogP contribution in [0.1, 0.15) is 61.9 Å². The number of hydrogen-bond donors (Lipinski definition) is 2. The fourth-order valence-electron chi connectivity index (χ4n) is 2.81. The lowest BCUT2D eigenvalue weighted by atomic mass is 9.86. The standard InChI is InChI=1S/C15H21N3O3/c19-12(8-4-7-11-5-2-1-3-6-11)18-14-13(15(20)21)16-9-10-17-14/h9-11H,1-8H2,(H,20,21)(H,17,18,19). The van der Waals surface area contributed by atoms with E-state index in [1.165, 1.54) is 44.5 Å². The molecule has 2 rings (SSSR count). The summed E-state index contributed by atoms with van der Waals surface area (Å²) in [4.78, 5) is 30.4. The summed E-state index contributed by atoms with van der Waals surface area (Å²) in [6.07, 6.45) is 11.4. The normalized spacial score (nSPS) is 15.6. The van der Waals surface area contributed by atoms with Gasteiger partial charge in [0.05, 0.1) is 0 Å². The number of hydrogen-bond acceptors (Lipinski definition) is 4. The van der Waals surface area contributed by atoms with Crippen molar-refractivity contribution in [3.05, 3.63) is 18.1 Å². The average Bonchev–Trinajstić information content (AvgIpc) is 2.48. The molecule has 2 N–H and O–H groups in total. The zero-order chi connectivity index (χ0) is 15.1. The van der Waals surface area contributed by atoms with Crippen molar-refractivity contribution < 1.29 is 14.7 Å². The van der Waals surface area contributed by atoms with E-state index < -0.39 is 5.97 Å². The van der Waals surface area contributed by atoms with Crippen LogP contribution in [0, 0.1) is 5.92 Å². The van der Waals surface area contributed by atoms with Gasteiger partial charge in [0.2, 0.25) is 5.91 Å². The first-order chi connectivity index (χ1) is 10.2. The number of aromatic nitrogens is 2. The van der Waals surface area contributed by atoms with Crippen LogP contribution in [-0.2, 0) is 4.79 Å². The first-order valence-electron chi connectivity index (χ1n) is 7.51. The number of rotatable bonds is 6. The highest BCUT2D eigenvalue weighted by molar-refractivity contribution is 5.97. The van der Waals surface area contributed by atoms with Gasteiger partial charge in [0.1, 0.15) is 0 Å². The molecule has 21 heavy (non-hydrogen) atoms. The molecular formula is C15H21N3O3. The van der Waals surface area contributed by atoms with Gasteiger partial charge in [-0.1, -0.05) is 32.1 Å². The number of nitrogens with zero attached hydrogens (tertiary/aromatic N) is 2. The summed E-state index contributed by atoms with van der Waals surface area (Å²) < 4.78 is 0. The summed E-state index contributed by atoms with van der Waals surface area (Å²) in [5.74, 6) is -0.625. The molecule has 1 heterocycles. The van der Waals surface area contributed by atoms with Gasteiger partial charge in [0.15, 0.2) is 11.5 Å². The molecule has 0 spiro atoms. The molecule has 1 aromatic rings. The minimum Gasteiger partial charge on any atom is -0.476 e. The molecule has 0 aromatic carbocycles. The predicted octanol–water partition coefficient (Wildman–Crippen LogP) is 2.86. The fourth-order valence-corrected chi connectivity index (χ4v) is 2.81. The fraction of sp³-hybridized carbons (Fsp3) is 0.600. The molecule has 1 amide bonds. The highest BCUT2D eigenvalue weighted by atomic mass is 16.4. The molecule has 0 saturated heterocycles. The Morgan fingerprint density at radius 3 is 2.62 bits per heavy atom. The van der Waals surface area contributed by atoms with Gasteiger partial charge in [0, 0.05) is 18.8 Å². The number of anilines is 1. The van der Waals surface area contributed by atoms with Gasteiger partial charge in [0.25, 0.3) is 0 Å². The van der Waals surface area contributed by atoms with Crippen LogP contribution in [0.5, 0.6) is 0 Å². The second-order valence-corrected chi connectivity index (χ2v) is 5.50. The molecule has 0 bridgehead atoms. The number of carboxylic acid groups (broad SMARTS) is 1. The van der Waals surface area contributed by atoms with Crippen molar-refractivity contribution in [1.29, 1.82) is 0 Å². The van der Waals surface area contributed by atoms with E-state index >= 15 is 0 Å². The quantitative estimate of drug-likeness (QED) is 0.840. The maximum atomic E-state index is 11.9. The Bertz CT molecular complexity index is 499. The zero-order valence-corrected chi connectivity index (χ0v) is 12.0. The van der Waals surface area contributed by atoms with E-state index in [4.69, 9.17) is 5.11 Å². The number of amides is 1. The lowest BCUT2D eigenvalue weighted by Gasteiger charge is -2.21. The molecule has 0 unspecified atom stereocenters. The molecule has 0 aliphatic heterocycles. The van der Waals surface area contributed by atoms with E-state index in [9.17, 15) is 9.59 Å². The van der Waals surface area contributed by atoms with Gasteiger partial charge in [-0.3, -0.25) is 4.79 Å². The number of aromatic carboxylic acids is 1. The molecule has 114 valence electrons. The van der Waals surface area contributed by atoms with Crippen molar-refractivity contribution in [2.75, 3.05) is 5.32 Å². The maximum Gasteiger partial charge on any atom is 0.358 e. The van der Waals surface area contributed by atoms with Crippen LogP contribution in [0.4, 0.5) is 5.82 Å². The molecule has 1 aromatic heterocycles. The average molecular weight is 291 g/mol. The third-order valence-electron chi connectivity index (χ3n) is 3.90. The summed E-state index contributed by atoms with van der Waals surface area (Å²) in [5, 5.41) is 11.5. The smallest absolute Gasteiger partial charge is 0.358 e. The number of carbonyl (C=O) groups is 2. The van der Waals surface area contributed by atoms with Crippen LogP contribution in [0.25, 0.3) is 0 Å². The molecule has 0 atom stereocenters. The highest BCUT2D eigenvalue weighted by Gasteiger charge is 2.16. The van der Waals surface area contributed by atoms with Gasteiger partial charge in [-0.15, -0.1) is 0 Å². The largest absolute Gasteiger partial charge is 0.476 e. The van der Waals surface area contributed by atoms with Gasteiger partial charge < -0.3 is 10.4 Å².